The van der Waals surface area contributed by atoms with Crippen LogP contribution in [-0.2, 0) is 32.2 Å². The Bertz CT molecular complexity index is 5380. The summed E-state index contributed by atoms with van der Waals surface area (Å²) in [6.45, 7) is 10.5. The number of methoxy groups -OCH3 is 3. The van der Waals surface area contributed by atoms with Crippen molar-refractivity contribution in [2.75, 3.05) is 145 Å². The second kappa shape index (κ2) is 45.1. The number of hydrogen-bond donors (Lipinski definition) is 7. The molecule has 0 saturated carbocycles. The normalized spacial score (nSPS) is 13.4. The maximum absolute atomic E-state index is 12.9. The molecule has 11 N–H and O–H groups in total. The van der Waals surface area contributed by atoms with E-state index in [1.807, 2.05) is 71.6 Å². The van der Waals surface area contributed by atoms with Crippen LogP contribution in [0.3, 0.4) is 0 Å². The second-order valence-electron chi connectivity index (χ2n) is 25.0. The molecule has 3 aromatic carbocycles. The number of alkyl halides is 1. The summed E-state index contributed by atoms with van der Waals surface area (Å²) in [7, 11) is 4.79. The molecular formula is C73H82Cl5FN30O8. The van der Waals surface area contributed by atoms with Gasteiger partial charge in [0.2, 0.25) is 17.7 Å². The van der Waals surface area contributed by atoms with Crippen molar-refractivity contribution in [1.29, 1.82) is 0 Å². The van der Waals surface area contributed by atoms with Crippen LogP contribution in [0.15, 0.2) is 151 Å². The molecule has 4 aliphatic rings. The number of nitrogens with one attached hydrogen (secondary N) is 3. The number of ether oxygens (including phenoxy) is 4. The minimum atomic E-state index is -0.716. The van der Waals surface area contributed by atoms with Crippen molar-refractivity contribution in [2.45, 2.75) is 25.9 Å². The van der Waals surface area contributed by atoms with Crippen LogP contribution in [0.5, 0.6) is 17.2 Å². The zero-order chi connectivity index (χ0) is 83.8. The number of azide groups is 2. The first kappa shape index (κ1) is 88.6. The van der Waals surface area contributed by atoms with Gasteiger partial charge in [-0.2, -0.15) is 20.4 Å². The number of nitrogens with two attached hydrogens (primary N) is 4. The molecule has 0 radical (unpaired) electrons. The molecule has 0 aliphatic carbocycles. The molecule has 614 valence electrons. The average molecular weight is 1700 g/mol. The van der Waals surface area contributed by atoms with Crippen molar-refractivity contribution in [2.24, 2.45) is 27.8 Å². The number of fused-ring (bicyclic) bond motifs is 4. The molecule has 13 heterocycles. The van der Waals surface area contributed by atoms with Crippen LogP contribution in [0.4, 0.5) is 44.7 Å². The highest BCUT2D eigenvalue weighted by Gasteiger charge is 2.27. The fourth-order valence-electron chi connectivity index (χ4n) is 12.1. The average Bonchev–Trinajstić information content (AvgIpc) is 1.74. The van der Waals surface area contributed by atoms with Crippen LogP contribution in [0, 0.1) is 5.82 Å². The summed E-state index contributed by atoms with van der Waals surface area (Å²) in [5.41, 5.74) is 31.1. The Labute approximate surface area is 693 Å². The molecule has 16 rings (SSSR count). The summed E-state index contributed by atoms with van der Waals surface area (Å²) >= 11 is 29.1. The highest BCUT2D eigenvalue weighted by atomic mass is 35.5. The van der Waals surface area contributed by atoms with E-state index in [2.05, 4.69) is 107 Å². The third-order valence-electron chi connectivity index (χ3n) is 18.1. The Balaban J connectivity index is 0.000000164. The van der Waals surface area contributed by atoms with E-state index in [4.69, 9.17) is 99.6 Å². The number of hydrazine groups is 2. The van der Waals surface area contributed by atoms with Gasteiger partial charge in [-0.05, 0) is 94.8 Å². The van der Waals surface area contributed by atoms with Gasteiger partial charge in [0.05, 0.1) is 82.8 Å². The van der Waals surface area contributed by atoms with Crippen LogP contribution in [0.1, 0.15) is 23.2 Å². The van der Waals surface area contributed by atoms with Crippen LogP contribution in [-0.4, -0.2) is 223 Å². The number of benzene rings is 3. The minimum absolute atomic E-state index is 0.00463. The lowest BCUT2D eigenvalue weighted by Gasteiger charge is -2.36. The monoisotopic (exact) mass is 1700 g/mol. The number of hydrogen-bond acceptors (Lipinski definition) is 27. The van der Waals surface area contributed by atoms with Crippen molar-refractivity contribution in [1.82, 2.24) is 79.6 Å². The number of rotatable bonds is 15. The van der Waals surface area contributed by atoms with Gasteiger partial charge in [0.15, 0.2) is 29.6 Å². The molecule has 38 nitrogen and oxygen atoms in total. The molecule has 9 aromatic heterocycles. The Morgan fingerprint density at radius 3 is 1.41 bits per heavy atom. The molecule has 0 bridgehead atoms. The van der Waals surface area contributed by atoms with E-state index in [0.717, 1.165) is 95.9 Å². The number of amides is 3. The topological polar surface area (TPSA) is 496 Å². The summed E-state index contributed by atoms with van der Waals surface area (Å²) in [5.74, 6) is 16.0. The number of carbonyl (C=O) groups excluding carboxylic acids is 4. The maximum atomic E-state index is 12.9. The number of anilines is 5. The van der Waals surface area contributed by atoms with Gasteiger partial charge in [-0.3, -0.25) is 65.4 Å². The summed E-state index contributed by atoms with van der Waals surface area (Å²) in [6.07, 6.45) is 18.3. The zero-order valence-electron chi connectivity index (χ0n) is 63.4. The Morgan fingerprint density at radius 1 is 0.556 bits per heavy atom. The number of halogens is 6. The molecule has 0 atom stereocenters. The van der Waals surface area contributed by atoms with Crippen molar-refractivity contribution >= 4 is 166 Å². The number of nitrogen functional groups attached to an aromatic ring is 2. The van der Waals surface area contributed by atoms with E-state index < -0.39 is 5.82 Å². The predicted octanol–water partition coefficient (Wildman–Crippen LogP) is 11.1. The number of aromatic amines is 2. The lowest BCUT2D eigenvalue weighted by atomic mass is 10.2. The van der Waals surface area contributed by atoms with Gasteiger partial charge < -0.3 is 59.5 Å². The second-order valence-corrected chi connectivity index (χ2v) is 26.8. The van der Waals surface area contributed by atoms with Gasteiger partial charge in [-0.1, -0.05) is 46.4 Å². The van der Waals surface area contributed by atoms with Crippen LogP contribution in [0.2, 0.25) is 20.1 Å². The SMILES string of the molecule is C1CCOC1.COc1cc(N2CCN(C(=O)CCl)CC2)ccc1Cl.COc1cc(N2CCN(C(=O)Cn3ncc4ccnc(N)c43)CC2)ccc1Cl.COc1cc(N2CCN(C(=O)Cn3ncc4ccnc(N=[N+]=[N-])c43)CC2)ccc1Cl.NN.NNc1nccc2cn[nH]c12.O=Cc1cncc(Cl)c1F.[N-]=[N+]=Nc1nccc2cn[nH]c12. The fraction of sp³-hybridized carbons (Fsp3) is 0.301. The number of piperazine rings is 3. The zero-order valence-corrected chi connectivity index (χ0v) is 67.2. The number of H-pyrrole nitrogens is 2. The molecular weight excluding hydrogens is 1620 g/mol. The third kappa shape index (κ3) is 23.9. The van der Waals surface area contributed by atoms with Crippen molar-refractivity contribution in [3.8, 4) is 17.2 Å². The van der Waals surface area contributed by atoms with E-state index in [9.17, 15) is 23.6 Å². The summed E-state index contributed by atoms with van der Waals surface area (Å²) in [5, 5.41) is 33.8. The van der Waals surface area contributed by atoms with Gasteiger partial charge >= 0.3 is 0 Å². The summed E-state index contributed by atoms with van der Waals surface area (Å²) in [6, 6.07) is 24.3. The number of nitrogens with zero attached hydrogens (tertiary/aromatic N) is 23. The number of aromatic nitrogens is 13. The van der Waals surface area contributed by atoms with Crippen molar-refractivity contribution < 1.29 is 42.5 Å². The first-order chi connectivity index (χ1) is 56.9. The fourth-order valence-corrected chi connectivity index (χ4v) is 13.0. The van der Waals surface area contributed by atoms with Gasteiger partial charge in [-0.25, -0.2) is 20.2 Å². The van der Waals surface area contributed by atoms with Gasteiger partial charge in [0.25, 0.3) is 0 Å². The highest BCUT2D eigenvalue weighted by Crippen LogP contribution is 2.34. The maximum Gasteiger partial charge on any atom is 0.244 e. The molecule has 3 amide bonds. The molecule has 4 aliphatic heterocycles. The lowest BCUT2D eigenvalue weighted by Crippen LogP contribution is -2.49. The standard InChI is InChI=1S/C19H19ClN8O2.C19H21ClN6O2.C13H16Cl2N2O2.C6H3ClFNO.C6H4N6.C6H7N5.C4H8O.H4N2/c1-30-16-10-14(2-3-15(16)20)26-6-8-27(9-7-26)17(29)12-28-18-13(11-23-28)4-5-22-19(18)24-25-21;1-28-16-10-14(2-3-15(16)20)24-6-8-25(9-7-24)17(27)12-26-18-13(11-23-26)4-5-22-19(18)21;1-19-12-8-10(2-3-11(12)15)16-4-6-17(7-5-16)13(18)9-14;7-5-2-9-1-4(3-10)6(5)8;7-12-11-6-5-4(1-2-8-6)3-9-10-5;7-10-6-5-4(1-2-8-6)3-9-11-5;1-2-4-5-3-1;1-2/h2-5,10-11H,6-9,12H2,1H3;2-5,10-11H,6-9,12H2,1H3,(H2,21,22);2-3,8H,4-7,9H2,1H3;1-3H;1-3H,(H,9,10);1-3H,7H2,(H,8,10)(H,9,11);1-4H2;1-2H2. The smallest absolute Gasteiger partial charge is 0.244 e. The summed E-state index contributed by atoms with van der Waals surface area (Å²) in [4.78, 5) is 84.2. The van der Waals surface area contributed by atoms with Crippen LogP contribution < -0.4 is 57.6 Å². The Kier molecular flexibility index (Phi) is 34.1. The molecule has 117 heavy (non-hydrogen) atoms. The third-order valence-corrected chi connectivity index (χ3v) is 19.6. The van der Waals surface area contributed by atoms with Crippen LogP contribution >= 0.6 is 58.0 Å². The van der Waals surface area contributed by atoms with Crippen molar-refractivity contribution in [3.63, 3.8) is 0 Å². The quantitative estimate of drug-likeness (QED) is 0.00953. The molecule has 44 heteroatoms. The van der Waals surface area contributed by atoms with E-state index in [-0.39, 0.29) is 53.1 Å². The van der Waals surface area contributed by atoms with Crippen molar-refractivity contribution in [3.05, 3.63) is 193 Å². The molecule has 12 aromatic rings. The number of pyridine rings is 5. The lowest BCUT2D eigenvalue weighted by molar-refractivity contribution is -0.133. The Hall–Kier alpha value is -12.4. The van der Waals surface area contributed by atoms with E-state index in [0.29, 0.717) is 125 Å². The predicted molar refractivity (Wildman–Crippen MR) is 447 cm³/mol. The number of aldehydes is 1. The summed E-state index contributed by atoms with van der Waals surface area (Å²) < 4.78 is 36.5. The molecule has 4 saturated heterocycles. The molecule has 4 fully saturated rings. The first-order valence-electron chi connectivity index (χ1n) is 35.7. The van der Waals surface area contributed by atoms with E-state index in [1.54, 1.807) is 97.5 Å². The van der Waals surface area contributed by atoms with Gasteiger partial charge in [-0.15, -0.1) is 11.6 Å². The van der Waals surface area contributed by atoms with E-state index >= 15 is 0 Å². The Morgan fingerprint density at radius 2 is 0.974 bits per heavy atom. The number of carbonyl (C=O) groups is 4. The van der Waals surface area contributed by atoms with E-state index in [1.165, 1.54) is 17.5 Å². The largest absolute Gasteiger partial charge is 0.495 e. The van der Waals surface area contributed by atoms with Gasteiger partial charge in [0.1, 0.15) is 53.1 Å². The first-order valence-corrected chi connectivity index (χ1v) is 37.8. The van der Waals surface area contributed by atoms with Crippen LogP contribution in [0.25, 0.3) is 64.5 Å². The van der Waals surface area contributed by atoms with Gasteiger partial charge in [0, 0.05) is 196 Å². The minimum Gasteiger partial charge on any atom is -0.495 e. The molecule has 0 unspecified atom stereocenters. The molecule has 0 spiro atoms. The highest BCUT2D eigenvalue weighted by molar-refractivity contribution is 6.33.